The SMILES string of the molecule is CC#CC1(O)CCC2(Cc3ccccc3)c3ccccc3CCC2C1. The maximum Gasteiger partial charge on any atom is 0.125 e. The van der Waals surface area contributed by atoms with Gasteiger partial charge in [0.1, 0.15) is 5.60 Å². The number of hydrogen-bond acceptors (Lipinski definition) is 1. The summed E-state index contributed by atoms with van der Waals surface area (Å²) in [6.45, 7) is 1.83. The number of aliphatic hydroxyl groups is 1. The molecule has 4 rings (SSSR count). The molecule has 2 aromatic rings. The van der Waals surface area contributed by atoms with E-state index >= 15 is 0 Å². The van der Waals surface area contributed by atoms with Crippen LogP contribution in [0, 0.1) is 17.8 Å². The topological polar surface area (TPSA) is 20.2 Å². The van der Waals surface area contributed by atoms with Gasteiger partial charge in [0.05, 0.1) is 0 Å². The summed E-state index contributed by atoms with van der Waals surface area (Å²) in [6.07, 6.45) is 5.91. The van der Waals surface area contributed by atoms with Gasteiger partial charge in [-0.2, -0.15) is 0 Å². The average molecular weight is 330 g/mol. The van der Waals surface area contributed by atoms with Crippen molar-refractivity contribution in [3.8, 4) is 11.8 Å². The molecule has 1 fully saturated rings. The highest BCUT2D eigenvalue weighted by molar-refractivity contribution is 5.41. The zero-order valence-electron chi connectivity index (χ0n) is 15.0. The number of benzene rings is 2. The van der Waals surface area contributed by atoms with E-state index in [-0.39, 0.29) is 5.41 Å². The van der Waals surface area contributed by atoms with Crippen LogP contribution in [0.1, 0.15) is 49.3 Å². The summed E-state index contributed by atoms with van der Waals surface area (Å²) >= 11 is 0. The van der Waals surface area contributed by atoms with Crippen LogP contribution >= 0.6 is 0 Å². The molecule has 2 aliphatic carbocycles. The molecule has 0 aliphatic heterocycles. The molecule has 2 aromatic carbocycles. The average Bonchev–Trinajstić information content (AvgIpc) is 2.63. The molecule has 1 heteroatoms. The van der Waals surface area contributed by atoms with Crippen molar-refractivity contribution in [2.75, 3.05) is 0 Å². The maximum absolute atomic E-state index is 11.0. The van der Waals surface area contributed by atoms with Crippen molar-refractivity contribution in [1.82, 2.24) is 0 Å². The van der Waals surface area contributed by atoms with Gasteiger partial charge in [0.2, 0.25) is 0 Å². The zero-order valence-corrected chi connectivity index (χ0v) is 15.0. The molecular weight excluding hydrogens is 304 g/mol. The van der Waals surface area contributed by atoms with Gasteiger partial charge in [-0.25, -0.2) is 0 Å². The van der Waals surface area contributed by atoms with E-state index in [4.69, 9.17) is 0 Å². The number of hydrogen-bond donors (Lipinski definition) is 1. The molecule has 0 heterocycles. The zero-order chi connectivity index (χ0) is 17.3. The van der Waals surface area contributed by atoms with Crippen LogP contribution in [0.2, 0.25) is 0 Å². The fourth-order valence-electron chi connectivity index (χ4n) is 5.26. The van der Waals surface area contributed by atoms with Gasteiger partial charge in [-0.05, 0) is 68.1 Å². The van der Waals surface area contributed by atoms with Crippen molar-refractivity contribution in [3.63, 3.8) is 0 Å². The van der Waals surface area contributed by atoms with Crippen molar-refractivity contribution in [2.45, 2.75) is 56.5 Å². The maximum atomic E-state index is 11.0. The van der Waals surface area contributed by atoms with Gasteiger partial charge >= 0.3 is 0 Å². The molecule has 1 saturated carbocycles. The Hall–Kier alpha value is -2.04. The lowest BCUT2D eigenvalue weighted by atomic mass is 9.53. The van der Waals surface area contributed by atoms with E-state index in [1.165, 1.54) is 16.7 Å². The van der Waals surface area contributed by atoms with Crippen LogP contribution in [0.25, 0.3) is 0 Å². The van der Waals surface area contributed by atoms with Crippen molar-refractivity contribution in [2.24, 2.45) is 5.92 Å². The van der Waals surface area contributed by atoms with E-state index in [1.807, 2.05) is 6.92 Å². The first-order chi connectivity index (χ1) is 12.2. The van der Waals surface area contributed by atoms with Crippen LogP contribution < -0.4 is 0 Å². The molecule has 0 aromatic heterocycles. The van der Waals surface area contributed by atoms with Crippen LogP contribution in [-0.2, 0) is 18.3 Å². The highest BCUT2D eigenvalue weighted by Gasteiger charge is 2.51. The van der Waals surface area contributed by atoms with Gasteiger partial charge in [0.25, 0.3) is 0 Å². The largest absolute Gasteiger partial charge is 0.378 e. The lowest BCUT2D eigenvalue weighted by Gasteiger charge is -2.52. The quantitative estimate of drug-likeness (QED) is 0.794. The Bertz CT molecular complexity index is 813. The first kappa shape index (κ1) is 16.4. The third kappa shape index (κ3) is 2.90. The molecule has 0 bridgehead atoms. The highest BCUT2D eigenvalue weighted by atomic mass is 16.3. The van der Waals surface area contributed by atoms with Crippen LogP contribution in [-0.4, -0.2) is 10.7 Å². The van der Waals surface area contributed by atoms with Gasteiger partial charge in [-0.3, -0.25) is 0 Å². The smallest absolute Gasteiger partial charge is 0.125 e. The summed E-state index contributed by atoms with van der Waals surface area (Å²) in [5, 5.41) is 11.0. The summed E-state index contributed by atoms with van der Waals surface area (Å²) in [7, 11) is 0. The fraction of sp³-hybridized carbons (Fsp3) is 0.417. The van der Waals surface area contributed by atoms with Crippen LogP contribution in [0.4, 0.5) is 0 Å². The standard InChI is InChI=1S/C24H26O/c1-2-14-23(25)15-16-24(17-19-8-4-3-5-9-19)21(18-23)13-12-20-10-6-7-11-22(20)24/h3-11,21,25H,12-13,15-18H2,1H3. The molecule has 0 radical (unpaired) electrons. The minimum absolute atomic E-state index is 0.137. The van der Waals surface area contributed by atoms with Crippen molar-refractivity contribution in [3.05, 3.63) is 71.3 Å². The first-order valence-electron chi connectivity index (χ1n) is 9.44. The summed E-state index contributed by atoms with van der Waals surface area (Å²) in [6, 6.07) is 19.8. The Morgan fingerprint density at radius 1 is 1.04 bits per heavy atom. The molecule has 0 spiro atoms. The Morgan fingerprint density at radius 3 is 2.60 bits per heavy atom. The molecule has 3 atom stereocenters. The Morgan fingerprint density at radius 2 is 1.80 bits per heavy atom. The molecule has 1 N–H and O–H groups in total. The van der Waals surface area contributed by atoms with E-state index < -0.39 is 5.60 Å². The van der Waals surface area contributed by atoms with E-state index in [9.17, 15) is 5.11 Å². The minimum Gasteiger partial charge on any atom is -0.378 e. The van der Waals surface area contributed by atoms with Crippen molar-refractivity contribution in [1.29, 1.82) is 0 Å². The van der Waals surface area contributed by atoms with Crippen LogP contribution in [0.5, 0.6) is 0 Å². The van der Waals surface area contributed by atoms with Crippen LogP contribution in [0.3, 0.4) is 0 Å². The molecule has 25 heavy (non-hydrogen) atoms. The summed E-state index contributed by atoms with van der Waals surface area (Å²) in [5.74, 6) is 6.55. The third-order valence-electron chi connectivity index (χ3n) is 6.39. The normalized spacial score (nSPS) is 30.6. The lowest BCUT2D eigenvalue weighted by molar-refractivity contribution is -0.00801. The number of aryl methyl sites for hydroxylation is 1. The summed E-state index contributed by atoms with van der Waals surface area (Å²) in [5.41, 5.74) is 3.75. The van der Waals surface area contributed by atoms with E-state index in [0.717, 1.165) is 38.5 Å². The second-order valence-electron chi connectivity index (χ2n) is 7.82. The van der Waals surface area contributed by atoms with Gasteiger partial charge in [-0.1, -0.05) is 60.5 Å². The number of rotatable bonds is 2. The predicted octanol–water partition coefficient (Wildman–Crippen LogP) is 4.67. The fourth-order valence-corrected chi connectivity index (χ4v) is 5.26. The minimum atomic E-state index is -0.800. The molecule has 128 valence electrons. The van der Waals surface area contributed by atoms with Gasteiger partial charge in [-0.15, -0.1) is 5.92 Å². The monoisotopic (exact) mass is 330 g/mol. The molecule has 0 amide bonds. The molecule has 2 aliphatic rings. The van der Waals surface area contributed by atoms with E-state index in [0.29, 0.717) is 5.92 Å². The molecule has 0 saturated heterocycles. The van der Waals surface area contributed by atoms with Crippen LogP contribution in [0.15, 0.2) is 54.6 Å². The van der Waals surface area contributed by atoms with Gasteiger partial charge in [0.15, 0.2) is 0 Å². The first-order valence-corrected chi connectivity index (χ1v) is 9.44. The Labute approximate surface area is 151 Å². The molecule has 3 unspecified atom stereocenters. The van der Waals surface area contributed by atoms with Crippen molar-refractivity contribution < 1.29 is 5.11 Å². The van der Waals surface area contributed by atoms with Gasteiger partial charge in [0, 0.05) is 5.41 Å². The predicted molar refractivity (Wildman–Crippen MR) is 102 cm³/mol. The Balaban J connectivity index is 1.78. The van der Waals surface area contributed by atoms with Crippen molar-refractivity contribution >= 4 is 0 Å². The second kappa shape index (κ2) is 6.36. The second-order valence-corrected chi connectivity index (χ2v) is 7.82. The Kier molecular flexibility index (Phi) is 4.18. The third-order valence-corrected chi connectivity index (χ3v) is 6.39. The van der Waals surface area contributed by atoms with Gasteiger partial charge < -0.3 is 5.11 Å². The lowest BCUT2D eigenvalue weighted by Crippen LogP contribution is -2.50. The summed E-state index contributed by atoms with van der Waals surface area (Å²) in [4.78, 5) is 0. The number of fused-ring (bicyclic) bond motifs is 3. The highest BCUT2D eigenvalue weighted by Crippen LogP contribution is 2.54. The van der Waals surface area contributed by atoms with E-state index in [1.54, 1.807) is 0 Å². The molecular formula is C24H26O. The molecule has 1 nitrogen and oxygen atoms in total. The van der Waals surface area contributed by atoms with E-state index in [2.05, 4.69) is 66.4 Å². The summed E-state index contributed by atoms with van der Waals surface area (Å²) < 4.78 is 0.